The van der Waals surface area contributed by atoms with E-state index < -0.39 is 0 Å². The van der Waals surface area contributed by atoms with Gasteiger partial charge in [0.05, 0.1) is 0 Å². The van der Waals surface area contributed by atoms with Gasteiger partial charge in [0.1, 0.15) is 5.82 Å². The molecule has 20 heavy (non-hydrogen) atoms. The van der Waals surface area contributed by atoms with Gasteiger partial charge in [0, 0.05) is 25.8 Å². The van der Waals surface area contributed by atoms with Gasteiger partial charge in [-0.05, 0) is 61.6 Å². The maximum absolute atomic E-state index is 13.5. The minimum atomic E-state index is -0.120. The van der Waals surface area contributed by atoms with Crippen LogP contribution in [-0.4, -0.2) is 25.8 Å². The van der Waals surface area contributed by atoms with E-state index in [4.69, 9.17) is 4.74 Å². The van der Waals surface area contributed by atoms with Crippen molar-refractivity contribution in [2.45, 2.75) is 44.1 Å². The largest absolute Gasteiger partial charge is 0.381 e. The molecule has 3 rings (SSSR count). The molecule has 1 aliphatic carbocycles. The van der Waals surface area contributed by atoms with Crippen LogP contribution in [0.2, 0.25) is 0 Å². The number of rotatable bonds is 6. The third-order valence-electron chi connectivity index (χ3n) is 4.51. The molecule has 0 amide bonds. The lowest BCUT2D eigenvalue weighted by Gasteiger charge is -2.27. The van der Waals surface area contributed by atoms with Crippen molar-refractivity contribution in [3.05, 3.63) is 35.6 Å². The molecular weight excluding hydrogens is 253 g/mol. The van der Waals surface area contributed by atoms with Gasteiger partial charge in [-0.2, -0.15) is 0 Å². The first-order chi connectivity index (χ1) is 9.81. The minimum Gasteiger partial charge on any atom is -0.381 e. The van der Waals surface area contributed by atoms with Crippen molar-refractivity contribution in [1.29, 1.82) is 0 Å². The molecule has 1 heterocycles. The van der Waals surface area contributed by atoms with Gasteiger partial charge in [-0.25, -0.2) is 4.39 Å². The molecule has 1 unspecified atom stereocenters. The fourth-order valence-corrected chi connectivity index (χ4v) is 3.08. The quantitative estimate of drug-likeness (QED) is 0.859. The van der Waals surface area contributed by atoms with Crippen molar-refractivity contribution in [3.8, 4) is 0 Å². The highest BCUT2D eigenvalue weighted by Gasteiger charge is 2.25. The summed E-state index contributed by atoms with van der Waals surface area (Å²) in [7, 11) is 0. The van der Waals surface area contributed by atoms with Crippen molar-refractivity contribution >= 4 is 0 Å². The van der Waals surface area contributed by atoms with E-state index in [9.17, 15) is 4.39 Å². The summed E-state index contributed by atoms with van der Waals surface area (Å²) in [4.78, 5) is 0. The van der Waals surface area contributed by atoms with Gasteiger partial charge in [-0.1, -0.05) is 12.1 Å². The number of nitrogens with one attached hydrogen (secondary N) is 1. The van der Waals surface area contributed by atoms with E-state index in [-0.39, 0.29) is 5.82 Å². The zero-order valence-corrected chi connectivity index (χ0v) is 12.0. The first-order valence-corrected chi connectivity index (χ1v) is 7.88. The molecule has 3 heteroatoms. The molecule has 0 radical (unpaired) electrons. The fraction of sp³-hybridized carbons (Fsp3) is 0.647. The Bertz CT molecular complexity index is 427. The van der Waals surface area contributed by atoms with Crippen molar-refractivity contribution < 1.29 is 9.13 Å². The molecule has 2 fully saturated rings. The highest BCUT2D eigenvalue weighted by atomic mass is 19.1. The van der Waals surface area contributed by atoms with Crippen LogP contribution >= 0.6 is 0 Å². The van der Waals surface area contributed by atoms with Gasteiger partial charge < -0.3 is 10.1 Å². The predicted molar refractivity (Wildman–Crippen MR) is 78.3 cm³/mol. The summed E-state index contributed by atoms with van der Waals surface area (Å²) in [5.41, 5.74) is 1.14. The molecule has 0 bridgehead atoms. The molecule has 0 aromatic heterocycles. The lowest BCUT2D eigenvalue weighted by atomic mass is 9.85. The first-order valence-electron chi connectivity index (χ1n) is 7.88. The lowest BCUT2D eigenvalue weighted by Crippen LogP contribution is -2.26. The molecule has 2 nitrogen and oxygen atoms in total. The van der Waals surface area contributed by atoms with Crippen molar-refractivity contribution in [3.63, 3.8) is 0 Å². The third kappa shape index (κ3) is 4.03. The molecule has 1 aromatic rings. The second kappa shape index (κ2) is 6.68. The SMILES string of the molecule is Fc1cccc(C(CNC2CC2)CC2CCOCC2)c1. The summed E-state index contributed by atoms with van der Waals surface area (Å²) < 4.78 is 18.9. The number of hydrogen-bond acceptors (Lipinski definition) is 2. The van der Waals surface area contributed by atoms with Gasteiger partial charge in [0.25, 0.3) is 0 Å². The van der Waals surface area contributed by atoms with Crippen LogP contribution in [-0.2, 0) is 4.74 Å². The minimum absolute atomic E-state index is 0.120. The average molecular weight is 277 g/mol. The van der Waals surface area contributed by atoms with E-state index in [1.807, 2.05) is 6.07 Å². The van der Waals surface area contributed by atoms with Crippen LogP contribution in [0.5, 0.6) is 0 Å². The summed E-state index contributed by atoms with van der Waals surface area (Å²) >= 11 is 0. The summed E-state index contributed by atoms with van der Waals surface area (Å²) in [6.07, 6.45) is 6.04. The van der Waals surface area contributed by atoms with E-state index in [1.165, 1.54) is 18.9 Å². The summed E-state index contributed by atoms with van der Waals surface area (Å²) in [5, 5.41) is 3.61. The molecule has 1 saturated heterocycles. The number of halogens is 1. The van der Waals surface area contributed by atoms with E-state index in [0.29, 0.717) is 12.0 Å². The molecule has 1 N–H and O–H groups in total. The smallest absolute Gasteiger partial charge is 0.123 e. The van der Waals surface area contributed by atoms with E-state index >= 15 is 0 Å². The molecule has 1 aliphatic heterocycles. The molecule has 110 valence electrons. The van der Waals surface area contributed by atoms with Gasteiger partial charge in [-0.3, -0.25) is 0 Å². The van der Waals surface area contributed by atoms with Gasteiger partial charge in [0.2, 0.25) is 0 Å². The Balaban J connectivity index is 1.64. The molecule has 1 atom stereocenters. The topological polar surface area (TPSA) is 21.3 Å². The zero-order chi connectivity index (χ0) is 13.8. The van der Waals surface area contributed by atoms with Crippen molar-refractivity contribution in [2.75, 3.05) is 19.8 Å². The van der Waals surface area contributed by atoms with Crippen LogP contribution in [0.25, 0.3) is 0 Å². The first kappa shape index (κ1) is 14.0. The second-order valence-electron chi connectivity index (χ2n) is 6.23. The van der Waals surface area contributed by atoms with E-state index in [0.717, 1.165) is 50.5 Å². The van der Waals surface area contributed by atoms with Crippen LogP contribution in [0, 0.1) is 11.7 Å². The Hall–Kier alpha value is -0.930. The summed E-state index contributed by atoms with van der Waals surface area (Å²) in [6, 6.07) is 7.85. The molecule has 1 aromatic carbocycles. The monoisotopic (exact) mass is 277 g/mol. The molecule has 0 spiro atoms. The maximum Gasteiger partial charge on any atom is 0.123 e. The van der Waals surface area contributed by atoms with E-state index in [2.05, 4.69) is 11.4 Å². The third-order valence-corrected chi connectivity index (χ3v) is 4.51. The second-order valence-corrected chi connectivity index (χ2v) is 6.23. The maximum atomic E-state index is 13.5. The van der Waals surface area contributed by atoms with E-state index in [1.54, 1.807) is 6.07 Å². The van der Waals surface area contributed by atoms with Crippen LogP contribution in [0.1, 0.15) is 43.6 Å². The summed E-state index contributed by atoms with van der Waals surface area (Å²) in [5.74, 6) is 1.03. The highest BCUT2D eigenvalue weighted by Crippen LogP contribution is 2.30. The molecule has 2 aliphatic rings. The Kier molecular flexibility index (Phi) is 4.69. The molecular formula is C17H24FNO. The van der Waals surface area contributed by atoms with Crippen LogP contribution in [0.4, 0.5) is 4.39 Å². The van der Waals surface area contributed by atoms with Gasteiger partial charge in [0.15, 0.2) is 0 Å². The van der Waals surface area contributed by atoms with Crippen molar-refractivity contribution in [1.82, 2.24) is 5.32 Å². The Morgan fingerprint density at radius 2 is 2.00 bits per heavy atom. The molecule has 1 saturated carbocycles. The predicted octanol–water partition coefficient (Wildman–Crippen LogP) is 3.48. The number of ether oxygens (including phenoxy) is 1. The average Bonchev–Trinajstić information content (AvgIpc) is 3.29. The summed E-state index contributed by atoms with van der Waals surface area (Å²) in [6.45, 7) is 2.75. The standard InChI is InChI=1S/C17H24FNO/c18-16-3-1-2-14(11-16)15(12-19-17-4-5-17)10-13-6-8-20-9-7-13/h1-3,11,13,15,17,19H,4-10,12H2. The lowest BCUT2D eigenvalue weighted by molar-refractivity contribution is 0.0616. The van der Waals surface area contributed by atoms with Crippen LogP contribution < -0.4 is 5.32 Å². The fourth-order valence-electron chi connectivity index (χ4n) is 3.08. The Morgan fingerprint density at radius 3 is 2.70 bits per heavy atom. The van der Waals surface area contributed by atoms with Crippen molar-refractivity contribution in [2.24, 2.45) is 5.92 Å². The number of hydrogen-bond donors (Lipinski definition) is 1. The Labute approximate surface area is 120 Å². The number of benzene rings is 1. The van der Waals surface area contributed by atoms with Gasteiger partial charge in [-0.15, -0.1) is 0 Å². The van der Waals surface area contributed by atoms with Crippen LogP contribution in [0.3, 0.4) is 0 Å². The van der Waals surface area contributed by atoms with Crippen LogP contribution in [0.15, 0.2) is 24.3 Å². The zero-order valence-electron chi connectivity index (χ0n) is 12.0. The Morgan fingerprint density at radius 1 is 1.20 bits per heavy atom. The highest BCUT2D eigenvalue weighted by molar-refractivity contribution is 5.21. The normalized spacial score (nSPS) is 21.9. The van der Waals surface area contributed by atoms with Gasteiger partial charge >= 0.3 is 0 Å².